The van der Waals surface area contributed by atoms with Crippen molar-refractivity contribution in [2.45, 2.75) is 32.4 Å². The van der Waals surface area contributed by atoms with Crippen molar-refractivity contribution >= 4 is 27.5 Å². The molecule has 6 heteroatoms. The molecular weight excluding hydrogens is 382 g/mol. The Labute approximate surface area is 174 Å². The van der Waals surface area contributed by atoms with Gasteiger partial charge < -0.3 is 9.64 Å². The summed E-state index contributed by atoms with van der Waals surface area (Å²) >= 11 is 1.76. The van der Waals surface area contributed by atoms with Crippen molar-refractivity contribution < 1.29 is 9.53 Å². The lowest BCUT2D eigenvalue weighted by atomic mass is 9.96. The fourth-order valence-electron chi connectivity index (χ4n) is 4.21. The van der Waals surface area contributed by atoms with Gasteiger partial charge in [0.05, 0.1) is 22.3 Å². The Morgan fingerprint density at radius 3 is 2.69 bits per heavy atom. The summed E-state index contributed by atoms with van der Waals surface area (Å²) in [6, 6.07) is 14.2. The number of benzene rings is 2. The van der Waals surface area contributed by atoms with E-state index in [9.17, 15) is 4.79 Å². The van der Waals surface area contributed by atoms with Crippen LogP contribution in [0.15, 0.2) is 42.5 Å². The summed E-state index contributed by atoms with van der Waals surface area (Å²) in [5, 5.41) is 1.14. The van der Waals surface area contributed by atoms with Crippen LogP contribution in [0, 0.1) is 0 Å². The lowest BCUT2D eigenvalue weighted by Gasteiger charge is -2.34. The van der Waals surface area contributed by atoms with E-state index < -0.39 is 0 Å². The number of ether oxygens (including phenoxy) is 1. The number of para-hydroxylation sites is 2. The van der Waals surface area contributed by atoms with E-state index in [-0.39, 0.29) is 12.0 Å². The monoisotopic (exact) mass is 407 g/mol. The van der Waals surface area contributed by atoms with Crippen LogP contribution in [0.3, 0.4) is 0 Å². The van der Waals surface area contributed by atoms with Gasteiger partial charge in [-0.25, -0.2) is 4.98 Å². The highest BCUT2D eigenvalue weighted by atomic mass is 32.1. The number of fused-ring (bicyclic) bond motifs is 2. The first-order valence-corrected chi connectivity index (χ1v) is 11.1. The third kappa shape index (κ3) is 3.40. The molecule has 150 valence electrons. The van der Waals surface area contributed by atoms with Crippen LogP contribution in [0.2, 0.25) is 0 Å². The molecule has 3 aromatic rings. The lowest BCUT2D eigenvalue weighted by molar-refractivity contribution is 0.0623. The van der Waals surface area contributed by atoms with E-state index in [1.54, 1.807) is 11.3 Å². The van der Waals surface area contributed by atoms with Crippen LogP contribution in [0.1, 0.15) is 40.7 Å². The van der Waals surface area contributed by atoms with Gasteiger partial charge in [-0.15, -0.1) is 11.3 Å². The second-order valence-electron chi connectivity index (χ2n) is 7.98. The molecule has 1 amide bonds. The quantitative estimate of drug-likeness (QED) is 0.655. The van der Waals surface area contributed by atoms with Crippen molar-refractivity contribution in [1.82, 2.24) is 14.8 Å². The maximum atomic E-state index is 13.2. The fourth-order valence-corrected chi connectivity index (χ4v) is 5.22. The van der Waals surface area contributed by atoms with Gasteiger partial charge in [-0.3, -0.25) is 9.69 Å². The molecule has 0 radical (unpaired) electrons. The van der Waals surface area contributed by atoms with Crippen molar-refractivity contribution in [3.8, 4) is 5.75 Å². The first-order chi connectivity index (χ1) is 14.1. The Morgan fingerprint density at radius 2 is 1.90 bits per heavy atom. The molecule has 2 aliphatic rings. The van der Waals surface area contributed by atoms with Gasteiger partial charge in [0.15, 0.2) is 0 Å². The molecule has 0 spiro atoms. The Morgan fingerprint density at radius 1 is 1.10 bits per heavy atom. The fraction of sp³-hybridized carbons (Fsp3) is 0.391. The highest BCUT2D eigenvalue weighted by molar-refractivity contribution is 7.18. The van der Waals surface area contributed by atoms with Crippen LogP contribution >= 0.6 is 11.3 Å². The van der Waals surface area contributed by atoms with Gasteiger partial charge in [0, 0.05) is 37.7 Å². The molecule has 5 nitrogen and oxygen atoms in total. The summed E-state index contributed by atoms with van der Waals surface area (Å²) in [5.74, 6) is 1.19. The molecule has 0 N–H and O–H groups in total. The van der Waals surface area contributed by atoms with Crippen LogP contribution in [0.5, 0.6) is 5.75 Å². The summed E-state index contributed by atoms with van der Waals surface area (Å²) in [7, 11) is 0. The predicted octanol–water partition coefficient (Wildman–Crippen LogP) is 4.14. The SMILES string of the molecule is CC1Oc2c(C(=O)N3CCN(Cc4nc5ccccc5s4)CC3)cccc2C1C. The normalized spacial score (nSPS) is 21.9. The summed E-state index contributed by atoms with van der Waals surface area (Å²) in [4.78, 5) is 22.3. The zero-order chi connectivity index (χ0) is 20.0. The number of aromatic nitrogens is 1. The summed E-state index contributed by atoms with van der Waals surface area (Å²) in [6.07, 6.45) is 0.115. The lowest BCUT2D eigenvalue weighted by Crippen LogP contribution is -2.48. The van der Waals surface area contributed by atoms with E-state index in [0.29, 0.717) is 11.5 Å². The number of hydrogen-bond acceptors (Lipinski definition) is 5. The molecule has 5 rings (SSSR count). The number of hydrogen-bond donors (Lipinski definition) is 0. The largest absolute Gasteiger partial charge is 0.489 e. The van der Waals surface area contributed by atoms with Crippen molar-refractivity contribution in [2.24, 2.45) is 0 Å². The van der Waals surface area contributed by atoms with Crippen LogP contribution in [-0.4, -0.2) is 53.0 Å². The minimum atomic E-state index is 0.0859. The van der Waals surface area contributed by atoms with Gasteiger partial charge in [-0.1, -0.05) is 31.2 Å². The number of nitrogens with zero attached hydrogens (tertiary/aromatic N) is 3. The van der Waals surface area contributed by atoms with Gasteiger partial charge in [-0.05, 0) is 25.1 Å². The van der Waals surface area contributed by atoms with E-state index in [2.05, 4.69) is 43.0 Å². The molecule has 2 aliphatic heterocycles. The van der Waals surface area contributed by atoms with Crippen molar-refractivity contribution in [1.29, 1.82) is 0 Å². The summed E-state index contributed by atoms with van der Waals surface area (Å²) in [6.45, 7) is 8.28. The van der Waals surface area contributed by atoms with Gasteiger partial charge >= 0.3 is 0 Å². The number of thiazole rings is 1. The Kier molecular flexibility index (Phi) is 4.76. The highest BCUT2D eigenvalue weighted by Gasteiger charge is 2.33. The Balaban J connectivity index is 1.25. The molecule has 1 saturated heterocycles. The standard InChI is InChI=1S/C23H25N3O2S/c1-15-16(2)28-22-17(15)6-5-7-18(22)23(27)26-12-10-25(11-13-26)14-21-24-19-8-3-4-9-20(19)29-21/h3-9,15-16H,10-14H2,1-2H3. The summed E-state index contributed by atoms with van der Waals surface area (Å²) in [5.41, 5.74) is 2.93. The van der Waals surface area contributed by atoms with Crippen LogP contribution < -0.4 is 4.74 Å². The average molecular weight is 408 g/mol. The zero-order valence-electron chi connectivity index (χ0n) is 16.8. The summed E-state index contributed by atoms with van der Waals surface area (Å²) < 4.78 is 7.26. The number of carbonyl (C=O) groups excluding carboxylic acids is 1. The van der Waals surface area contributed by atoms with Gasteiger partial charge in [0.1, 0.15) is 16.9 Å². The maximum Gasteiger partial charge on any atom is 0.257 e. The van der Waals surface area contributed by atoms with Crippen LogP contribution in [-0.2, 0) is 6.54 Å². The third-order valence-electron chi connectivity index (χ3n) is 6.13. The van der Waals surface area contributed by atoms with Gasteiger partial charge in [0.2, 0.25) is 0 Å². The molecule has 1 aromatic heterocycles. The van der Waals surface area contributed by atoms with Crippen LogP contribution in [0.25, 0.3) is 10.2 Å². The van der Waals surface area contributed by atoms with E-state index in [0.717, 1.165) is 54.6 Å². The second-order valence-corrected chi connectivity index (χ2v) is 9.09. The van der Waals surface area contributed by atoms with Crippen molar-refractivity contribution in [3.63, 3.8) is 0 Å². The predicted molar refractivity (Wildman–Crippen MR) is 116 cm³/mol. The molecule has 2 atom stereocenters. The molecule has 3 heterocycles. The number of rotatable bonds is 3. The smallest absolute Gasteiger partial charge is 0.257 e. The first-order valence-electron chi connectivity index (χ1n) is 10.3. The molecule has 0 saturated carbocycles. The molecule has 29 heavy (non-hydrogen) atoms. The van der Waals surface area contributed by atoms with Gasteiger partial charge in [-0.2, -0.15) is 0 Å². The maximum absolute atomic E-state index is 13.2. The average Bonchev–Trinajstić information content (AvgIpc) is 3.28. The molecule has 2 aromatic carbocycles. The highest BCUT2D eigenvalue weighted by Crippen LogP contribution is 2.40. The van der Waals surface area contributed by atoms with E-state index >= 15 is 0 Å². The van der Waals surface area contributed by atoms with E-state index in [1.807, 2.05) is 23.1 Å². The van der Waals surface area contributed by atoms with Crippen molar-refractivity contribution in [2.75, 3.05) is 26.2 Å². The van der Waals surface area contributed by atoms with Crippen LogP contribution in [0.4, 0.5) is 0 Å². The second kappa shape index (κ2) is 7.43. The molecule has 2 unspecified atom stereocenters. The molecular formula is C23H25N3O2S. The number of piperazine rings is 1. The number of carbonyl (C=O) groups is 1. The first kappa shape index (κ1) is 18.6. The minimum absolute atomic E-state index is 0.0859. The van der Waals surface area contributed by atoms with Crippen molar-refractivity contribution in [3.05, 3.63) is 58.6 Å². The third-order valence-corrected chi connectivity index (χ3v) is 7.15. The molecule has 0 bridgehead atoms. The van der Waals surface area contributed by atoms with E-state index in [1.165, 1.54) is 4.70 Å². The number of amides is 1. The minimum Gasteiger partial charge on any atom is -0.489 e. The zero-order valence-corrected chi connectivity index (χ0v) is 17.6. The Hall–Kier alpha value is -2.44. The topological polar surface area (TPSA) is 45.7 Å². The Bertz CT molecular complexity index is 1020. The molecule has 0 aliphatic carbocycles. The van der Waals surface area contributed by atoms with Gasteiger partial charge in [0.25, 0.3) is 5.91 Å². The van der Waals surface area contributed by atoms with E-state index in [4.69, 9.17) is 9.72 Å². The molecule has 1 fully saturated rings.